The monoisotopic (exact) mass is 331 g/mol. The summed E-state index contributed by atoms with van der Waals surface area (Å²) < 4.78 is 5.57. The van der Waals surface area contributed by atoms with Crippen molar-refractivity contribution in [3.05, 3.63) is 28.2 Å². The van der Waals surface area contributed by atoms with Crippen LogP contribution in [-0.2, 0) is 0 Å². The molecule has 118 valence electrons. The molecule has 1 atom stereocenters. The molecule has 1 saturated carbocycles. The summed E-state index contributed by atoms with van der Waals surface area (Å²) in [6, 6.07) is 5.68. The molecule has 1 aliphatic carbocycles. The molecule has 2 rings (SSSR count). The molecule has 1 aromatic rings. The molecule has 0 spiro atoms. The van der Waals surface area contributed by atoms with Gasteiger partial charge in [0.25, 0.3) is 0 Å². The molecule has 1 fully saturated rings. The summed E-state index contributed by atoms with van der Waals surface area (Å²) in [6.45, 7) is 0.855. The number of hydrogen-bond acceptors (Lipinski definition) is 3. The van der Waals surface area contributed by atoms with Crippen LogP contribution in [0.1, 0.15) is 32.1 Å². The van der Waals surface area contributed by atoms with Crippen molar-refractivity contribution in [2.24, 2.45) is 0 Å². The summed E-state index contributed by atoms with van der Waals surface area (Å²) in [7, 11) is 2.08. The molecular weight excluding hydrogens is 309 g/mol. The summed E-state index contributed by atoms with van der Waals surface area (Å²) in [4.78, 5) is 2.25. The lowest BCUT2D eigenvalue weighted by molar-refractivity contribution is 0.0562. The van der Waals surface area contributed by atoms with Gasteiger partial charge in [0.15, 0.2) is 0 Å². The Balaban J connectivity index is 1.77. The molecule has 0 aromatic heterocycles. The Morgan fingerprint density at radius 1 is 1.29 bits per heavy atom. The second-order valence-corrected chi connectivity index (χ2v) is 6.61. The topological polar surface area (TPSA) is 32.7 Å². The van der Waals surface area contributed by atoms with Gasteiger partial charge in [-0.15, -0.1) is 0 Å². The molecule has 0 aliphatic heterocycles. The Bertz CT molecular complexity index is 450. The summed E-state index contributed by atoms with van der Waals surface area (Å²) >= 11 is 11.9. The molecule has 21 heavy (non-hydrogen) atoms. The number of aliphatic hydroxyl groups is 1. The van der Waals surface area contributed by atoms with Crippen molar-refractivity contribution in [3.8, 4) is 5.75 Å². The summed E-state index contributed by atoms with van der Waals surface area (Å²) in [5.41, 5.74) is 0. The van der Waals surface area contributed by atoms with Crippen LogP contribution in [-0.4, -0.2) is 42.4 Å². The van der Waals surface area contributed by atoms with Crippen molar-refractivity contribution in [2.75, 3.05) is 20.2 Å². The van der Waals surface area contributed by atoms with Gasteiger partial charge in [0.1, 0.15) is 18.5 Å². The Morgan fingerprint density at radius 3 is 2.67 bits per heavy atom. The summed E-state index contributed by atoms with van der Waals surface area (Å²) in [5, 5.41) is 11.2. The van der Waals surface area contributed by atoms with E-state index >= 15 is 0 Å². The third-order valence-electron chi connectivity index (χ3n) is 4.02. The van der Waals surface area contributed by atoms with Gasteiger partial charge in [-0.3, -0.25) is 0 Å². The first-order valence-electron chi connectivity index (χ1n) is 7.52. The highest BCUT2D eigenvalue weighted by Gasteiger charge is 2.20. The fourth-order valence-electron chi connectivity index (χ4n) is 2.83. The van der Waals surface area contributed by atoms with Gasteiger partial charge in [-0.25, -0.2) is 0 Å². The zero-order valence-corrected chi connectivity index (χ0v) is 13.9. The van der Waals surface area contributed by atoms with Crippen molar-refractivity contribution in [3.63, 3.8) is 0 Å². The third-order valence-corrected chi connectivity index (χ3v) is 4.55. The Morgan fingerprint density at radius 2 is 2.00 bits per heavy atom. The first-order valence-corrected chi connectivity index (χ1v) is 8.28. The van der Waals surface area contributed by atoms with E-state index in [9.17, 15) is 5.11 Å². The second-order valence-electron chi connectivity index (χ2n) is 5.77. The van der Waals surface area contributed by atoms with Crippen molar-refractivity contribution in [1.82, 2.24) is 4.90 Å². The summed E-state index contributed by atoms with van der Waals surface area (Å²) in [6.07, 6.45) is 5.86. The molecule has 0 heterocycles. The minimum absolute atomic E-state index is 0.235. The number of ether oxygens (including phenoxy) is 1. The molecule has 0 saturated heterocycles. The van der Waals surface area contributed by atoms with Crippen LogP contribution in [0.3, 0.4) is 0 Å². The van der Waals surface area contributed by atoms with Gasteiger partial charge in [-0.05, 0) is 38.1 Å². The summed E-state index contributed by atoms with van der Waals surface area (Å²) in [5.74, 6) is 0.556. The zero-order valence-electron chi connectivity index (χ0n) is 12.4. The lowest BCUT2D eigenvalue weighted by Crippen LogP contribution is -2.40. The van der Waals surface area contributed by atoms with E-state index in [0.29, 0.717) is 28.4 Å². The van der Waals surface area contributed by atoms with E-state index in [2.05, 4.69) is 11.9 Å². The molecule has 1 aliphatic rings. The number of rotatable bonds is 6. The average molecular weight is 332 g/mol. The average Bonchev–Trinajstić information content (AvgIpc) is 2.47. The predicted octanol–water partition coefficient (Wildman–Crippen LogP) is 4.00. The lowest BCUT2D eigenvalue weighted by atomic mass is 9.94. The van der Waals surface area contributed by atoms with Crippen molar-refractivity contribution >= 4 is 23.2 Å². The Labute approximate surface area is 136 Å². The normalized spacial score (nSPS) is 18.0. The number of likely N-dealkylation sites (N-methyl/N-ethyl adjacent to an activating group) is 1. The molecular formula is C16H23Cl2NO2. The molecule has 0 radical (unpaired) electrons. The third kappa shape index (κ3) is 5.33. The van der Waals surface area contributed by atoms with Crippen LogP contribution in [0.15, 0.2) is 18.2 Å². The van der Waals surface area contributed by atoms with E-state index in [1.165, 1.54) is 32.1 Å². The van der Waals surface area contributed by atoms with Crippen molar-refractivity contribution in [2.45, 2.75) is 44.2 Å². The van der Waals surface area contributed by atoms with E-state index < -0.39 is 6.10 Å². The number of halogens is 2. The van der Waals surface area contributed by atoms with Gasteiger partial charge in [0.05, 0.1) is 5.02 Å². The standard InChI is InChI=1S/C16H23Cl2NO2/c1-19(13-5-3-2-4-6-13)10-14(20)11-21-16-8-7-12(17)9-15(16)18/h7-9,13-14,20H,2-6,10-11H2,1H3/t14-/m0/s1. The highest BCUT2D eigenvalue weighted by atomic mass is 35.5. The van der Waals surface area contributed by atoms with E-state index in [-0.39, 0.29) is 6.61 Å². The van der Waals surface area contributed by atoms with Gasteiger partial charge in [-0.2, -0.15) is 0 Å². The van der Waals surface area contributed by atoms with E-state index in [0.717, 1.165) is 0 Å². The minimum atomic E-state index is -0.524. The van der Waals surface area contributed by atoms with Gasteiger partial charge in [0, 0.05) is 17.6 Å². The van der Waals surface area contributed by atoms with Crippen LogP contribution in [0.4, 0.5) is 0 Å². The fraction of sp³-hybridized carbons (Fsp3) is 0.625. The van der Waals surface area contributed by atoms with E-state index in [1.54, 1.807) is 18.2 Å². The first-order chi connectivity index (χ1) is 10.1. The largest absolute Gasteiger partial charge is 0.489 e. The van der Waals surface area contributed by atoms with Crippen molar-refractivity contribution < 1.29 is 9.84 Å². The molecule has 0 amide bonds. The van der Waals surface area contributed by atoms with Crippen LogP contribution in [0.25, 0.3) is 0 Å². The first kappa shape index (κ1) is 16.9. The lowest BCUT2D eigenvalue weighted by Gasteiger charge is -2.32. The molecule has 0 unspecified atom stereocenters. The van der Waals surface area contributed by atoms with Gasteiger partial charge in [0.2, 0.25) is 0 Å². The van der Waals surface area contributed by atoms with E-state index in [1.807, 2.05) is 0 Å². The molecule has 0 bridgehead atoms. The molecule has 1 N–H and O–H groups in total. The maximum absolute atomic E-state index is 10.1. The fourth-order valence-corrected chi connectivity index (χ4v) is 3.30. The van der Waals surface area contributed by atoms with Crippen LogP contribution in [0.2, 0.25) is 10.0 Å². The highest BCUT2D eigenvalue weighted by Crippen LogP contribution is 2.27. The van der Waals surface area contributed by atoms with Gasteiger partial charge >= 0.3 is 0 Å². The molecule has 1 aromatic carbocycles. The maximum Gasteiger partial charge on any atom is 0.138 e. The van der Waals surface area contributed by atoms with Crippen LogP contribution < -0.4 is 4.74 Å². The second kappa shape index (κ2) is 8.23. The Hall–Kier alpha value is -0.480. The number of benzene rings is 1. The molecule has 3 nitrogen and oxygen atoms in total. The van der Waals surface area contributed by atoms with Gasteiger partial charge in [-0.1, -0.05) is 42.5 Å². The highest BCUT2D eigenvalue weighted by molar-refractivity contribution is 6.35. The minimum Gasteiger partial charge on any atom is -0.489 e. The number of aliphatic hydroxyl groups excluding tert-OH is 1. The van der Waals surface area contributed by atoms with Gasteiger partial charge < -0.3 is 14.7 Å². The SMILES string of the molecule is CN(C[C@H](O)COc1ccc(Cl)cc1Cl)C1CCCCC1. The smallest absolute Gasteiger partial charge is 0.138 e. The molecule has 5 heteroatoms. The van der Waals surface area contributed by atoms with Crippen LogP contribution in [0, 0.1) is 0 Å². The maximum atomic E-state index is 10.1. The predicted molar refractivity (Wildman–Crippen MR) is 87.5 cm³/mol. The Kier molecular flexibility index (Phi) is 6.62. The number of hydrogen-bond donors (Lipinski definition) is 1. The van der Waals surface area contributed by atoms with Crippen LogP contribution >= 0.6 is 23.2 Å². The van der Waals surface area contributed by atoms with E-state index in [4.69, 9.17) is 27.9 Å². The number of nitrogens with zero attached hydrogens (tertiary/aromatic N) is 1. The quantitative estimate of drug-likeness (QED) is 0.855. The van der Waals surface area contributed by atoms with Crippen molar-refractivity contribution in [1.29, 1.82) is 0 Å². The van der Waals surface area contributed by atoms with Crippen LogP contribution in [0.5, 0.6) is 5.75 Å². The zero-order chi connectivity index (χ0) is 15.2.